The van der Waals surface area contributed by atoms with Crippen molar-refractivity contribution in [1.29, 1.82) is 5.26 Å². The summed E-state index contributed by atoms with van der Waals surface area (Å²) >= 11 is 0. The van der Waals surface area contributed by atoms with Gasteiger partial charge in [0.25, 0.3) is 0 Å². The number of sulfonamides is 1. The number of nitrogens with zero attached hydrogens (tertiary/aromatic N) is 3. The number of hydrogen-bond acceptors (Lipinski definition) is 5. The van der Waals surface area contributed by atoms with E-state index in [2.05, 4.69) is 6.07 Å². The van der Waals surface area contributed by atoms with Crippen LogP contribution in [0.3, 0.4) is 0 Å². The molecule has 160 valence electrons. The van der Waals surface area contributed by atoms with Crippen LogP contribution in [0.5, 0.6) is 0 Å². The number of furan rings is 1. The summed E-state index contributed by atoms with van der Waals surface area (Å²) in [5.74, 6) is 0.352. The molecule has 2 heterocycles. The van der Waals surface area contributed by atoms with Gasteiger partial charge in [-0.1, -0.05) is 17.7 Å². The molecule has 1 fully saturated rings. The number of piperidine rings is 1. The summed E-state index contributed by atoms with van der Waals surface area (Å²) in [6.45, 7) is 4.99. The van der Waals surface area contributed by atoms with E-state index < -0.39 is 10.0 Å². The van der Waals surface area contributed by atoms with E-state index in [0.717, 1.165) is 11.1 Å². The molecule has 1 aliphatic heterocycles. The van der Waals surface area contributed by atoms with E-state index >= 15 is 0 Å². The molecule has 0 unspecified atom stereocenters. The fourth-order valence-corrected chi connectivity index (χ4v) is 5.55. The number of benzene rings is 1. The Morgan fingerprint density at radius 1 is 1.27 bits per heavy atom. The molecule has 2 aromatic rings. The van der Waals surface area contributed by atoms with Crippen LogP contribution < -0.4 is 0 Å². The Morgan fingerprint density at radius 2 is 2.00 bits per heavy atom. The van der Waals surface area contributed by atoms with Gasteiger partial charge in [-0.25, -0.2) is 8.42 Å². The molecule has 0 spiro atoms. The number of carbonyl (C=O) groups excluding carboxylic acids is 1. The smallest absolute Gasteiger partial charge is 0.243 e. The van der Waals surface area contributed by atoms with Gasteiger partial charge in [-0.15, -0.1) is 0 Å². The van der Waals surface area contributed by atoms with Gasteiger partial charge in [-0.05, 0) is 50.5 Å². The van der Waals surface area contributed by atoms with E-state index in [1.807, 2.05) is 13.0 Å². The predicted octanol–water partition coefficient (Wildman–Crippen LogP) is 3.24. The van der Waals surface area contributed by atoms with E-state index in [-0.39, 0.29) is 18.2 Å². The number of hydrogen-bond donors (Lipinski definition) is 0. The zero-order valence-electron chi connectivity index (χ0n) is 17.4. The molecule has 1 aromatic heterocycles. The summed E-state index contributed by atoms with van der Waals surface area (Å²) in [5.41, 5.74) is 1.75. The molecule has 0 N–H and O–H groups in total. The first kappa shape index (κ1) is 22.1. The zero-order valence-corrected chi connectivity index (χ0v) is 18.2. The quantitative estimate of drug-likeness (QED) is 0.673. The van der Waals surface area contributed by atoms with Crippen LogP contribution in [-0.4, -0.2) is 43.2 Å². The minimum atomic E-state index is -3.58. The standard InChI is InChI=1S/C22H27N3O4S/c1-17-6-7-21(18(2)15-17)30(27,28)25-12-8-19(9-13-25)22(26)24(11-4-10-23)16-20-5-3-14-29-20/h3,5-7,14-15,19H,4,8-9,11-13,16H2,1-2H3. The van der Waals surface area contributed by atoms with Crippen LogP contribution in [0.4, 0.5) is 0 Å². The predicted molar refractivity (Wildman–Crippen MR) is 112 cm³/mol. The lowest BCUT2D eigenvalue weighted by Gasteiger charge is -2.33. The van der Waals surface area contributed by atoms with Crippen LogP contribution in [0.2, 0.25) is 0 Å². The fourth-order valence-electron chi connectivity index (χ4n) is 3.87. The van der Waals surface area contributed by atoms with Gasteiger partial charge in [0.05, 0.1) is 30.2 Å². The van der Waals surface area contributed by atoms with Gasteiger partial charge in [0.2, 0.25) is 15.9 Å². The Morgan fingerprint density at radius 3 is 2.60 bits per heavy atom. The molecule has 1 saturated heterocycles. The largest absolute Gasteiger partial charge is 0.467 e. The molecule has 3 rings (SSSR count). The second-order valence-electron chi connectivity index (χ2n) is 7.69. The molecule has 1 amide bonds. The number of nitriles is 1. The average Bonchev–Trinajstić information content (AvgIpc) is 3.23. The molecule has 0 bridgehead atoms. The molecule has 1 aromatic carbocycles. The molecule has 1 aliphatic rings. The molecule has 0 atom stereocenters. The fraction of sp³-hybridized carbons (Fsp3) is 0.455. The van der Waals surface area contributed by atoms with Crippen molar-refractivity contribution in [3.8, 4) is 6.07 Å². The lowest BCUT2D eigenvalue weighted by Crippen LogP contribution is -2.44. The molecule has 8 heteroatoms. The molecular weight excluding hydrogens is 402 g/mol. The van der Waals surface area contributed by atoms with Gasteiger partial charge >= 0.3 is 0 Å². The van der Waals surface area contributed by atoms with E-state index in [1.165, 1.54) is 4.31 Å². The van der Waals surface area contributed by atoms with Crippen LogP contribution >= 0.6 is 0 Å². The third-order valence-electron chi connectivity index (χ3n) is 5.48. The minimum absolute atomic E-state index is 0.0507. The van der Waals surface area contributed by atoms with Gasteiger partial charge in [-0.3, -0.25) is 4.79 Å². The van der Waals surface area contributed by atoms with Crippen LogP contribution in [0.1, 0.15) is 36.1 Å². The second-order valence-corrected chi connectivity index (χ2v) is 9.60. The van der Waals surface area contributed by atoms with Crippen molar-refractivity contribution in [1.82, 2.24) is 9.21 Å². The van der Waals surface area contributed by atoms with Gasteiger partial charge in [0.1, 0.15) is 5.76 Å². The maximum absolute atomic E-state index is 13.1. The normalized spacial score (nSPS) is 15.6. The highest BCUT2D eigenvalue weighted by Crippen LogP contribution is 2.27. The summed E-state index contributed by atoms with van der Waals surface area (Å²) in [5, 5.41) is 8.92. The first-order chi connectivity index (χ1) is 14.3. The third-order valence-corrected chi connectivity index (χ3v) is 7.54. The summed E-state index contributed by atoms with van der Waals surface area (Å²) in [6.07, 6.45) is 2.72. The Labute approximate surface area is 177 Å². The minimum Gasteiger partial charge on any atom is -0.467 e. The topological polar surface area (TPSA) is 94.6 Å². The monoisotopic (exact) mass is 429 g/mol. The van der Waals surface area contributed by atoms with Gasteiger partial charge in [-0.2, -0.15) is 9.57 Å². The molecule has 30 heavy (non-hydrogen) atoms. The van der Waals surface area contributed by atoms with Crippen LogP contribution in [-0.2, 0) is 21.4 Å². The SMILES string of the molecule is Cc1ccc(S(=O)(=O)N2CCC(C(=O)N(CCC#N)Cc3ccco3)CC2)c(C)c1. The summed E-state index contributed by atoms with van der Waals surface area (Å²) < 4.78 is 32.9. The van der Waals surface area contributed by atoms with Crippen molar-refractivity contribution in [2.45, 2.75) is 44.6 Å². The van der Waals surface area contributed by atoms with Crippen molar-refractivity contribution < 1.29 is 17.6 Å². The highest BCUT2D eigenvalue weighted by Gasteiger charge is 2.34. The average molecular weight is 430 g/mol. The first-order valence-corrected chi connectivity index (χ1v) is 11.5. The second kappa shape index (κ2) is 9.45. The lowest BCUT2D eigenvalue weighted by atomic mass is 9.96. The summed E-state index contributed by atoms with van der Waals surface area (Å²) in [6, 6.07) is 11.0. The number of amides is 1. The maximum Gasteiger partial charge on any atom is 0.243 e. The Balaban J connectivity index is 1.67. The van der Waals surface area contributed by atoms with E-state index in [0.29, 0.717) is 49.7 Å². The summed E-state index contributed by atoms with van der Waals surface area (Å²) in [7, 11) is -3.58. The first-order valence-electron chi connectivity index (χ1n) is 10.1. The molecule has 0 saturated carbocycles. The van der Waals surface area contributed by atoms with Crippen molar-refractivity contribution in [3.63, 3.8) is 0 Å². The van der Waals surface area contributed by atoms with Crippen molar-refractivity contribution in [2.75, 3.05) is 19.6 Å². The molecule has 7 nitrogen and oxygen atoms in total. The number of carbonyl (C=O) groups is 1. The van der Waals surface area contributed by atoms with Crippen LogP contribution in [0.15, 0.2) is 45.9 Å². The van der Waals surface area contributed by atoms with Crippen molar-refractivity contribution in [2.24, 2.45) is 5.92 Å². The Hall–Kier alpha value is -2.63. The van der Waals surface area contributed by atoms with Gasteiger partial charge < -0.3 is 9.32 Å². The van der Waals surface area contributed by atoms with Gasteiger partial charge in [0.15, 0.2) is 0 Å². The Bertz CT molecular complexity index is 1020. The highest BCUT2D eigenvalue weighted by molar-refractivity contribution is 7.89. The van der Waals surface area contributed by atoms with Gasteiger partial charge in [0, 0.05) is 25.6 Å². The zero-order chi connectivity index (χ0) is 21.7. The molecule has 0 aliphatic carbocycles. The highest BCUT2D eigenvalue weighted by atomic mass is 32.2. The van der Waals surface area contributed by atoms with Crippen LogP contribution in [0, 0.1) is 31.1 Å². The summed E-state index contributed by atoms with van der Waals surface area (Å²) in [4.78, 5) is 15.0. The Kier molecular flexibility index (Phi) is 6.95. The maximum atomic E-state index is 13.1. The lowest BCUT2D eigenvalue weighted by molar-refractivity contribution is -0.137. The van der Waals surface area contributed by atoms with Crippen LogP contribution in [0.25, 0.3) is 0 Å². The van der Waals surface area contributed by atoms with Crippen molar-refractivity contribution in [3.05, 3.63) is 53.5 Å². The number of aryl methyl sites for hydroxylation is 2. The van der Waals surface area contributed by atoms with E-state index in [9.17, 15) is 13.2 Å². The van der Waals surface area contributed by atoms with E-state index in [4.69, 9.17) is 9.68 Å². The molecular formula is C22H27N3O4S. The third kappa shape index (κ3) is 4.91. The van der Waals surface area contributed by atoms with E-state index in [1.54, 1.807) is 42.4 Å². The number of rotatable bonds is 7. The van der Waals surface area contributed by atoms with Crippen molar-refractivity contribution >= 4 is 15.9 Å². The molecule has 0 radical (unpaired) electrons.